The molecule has 1 aliphatic rings. The van der Waals surface area contributed by atoms with E-state index in [1.165, 1.54) is 0 Å². The van der Waals surface area contributed by atoms with Gasteiger partial charge in [-0.15, -0.1) is 11.6 Å². The van der Waals surface area contributed by atoms with Crippen LogP contribution in [0.15, 0.2) is 0 Å². The van der Waals surface area contributed by atoms with Crippen LogP contribution < -0.4 is 0 Å². The molecule has 0 radical (unpaired) electrons. The lowest BCUT2D eigenvalue weighted by Gasteiger charge is -2.38. The van der Waals surface area contributed by atoms with Crippen molar-refractivity contribution < 1.29 is 9.53 Å². The van der Waals surface area contributed by atoms with E-state index in [4.69, 9.17) is 16.3 Å². The van der Waals surface area contributed by atoms with Crippen LogP contribution in [0.3, 0.4) is 0 Å². The van der Waals surface area contributed by atoms with E-state index in [2.05, 4.69) is 0 Å². The van der Waals surface area contributed by atoms with Gasteiger partial charge in [0.1, 0.15) is 5.88 Å². The zero-order valence-electron chi connectivity index (χ0n) is 7.42. The summed E-state index contributed by atoms with van der Waals surface area (Å²) in [5, 5.41) is 0. The molecule has 1 saturated heterocycles. The van der Waals surface area contributed by atoms with Crippen molar-refractivity contribution >= 4 is 17.5 Å². The third-order valence-electron chi connectivity index (χ3n) is 2.07. The molecule has 0 saturated carbocycles. The first-order valence-electron chi connectivity index (χ1n) is 4.11. The molecule has 0 aromatic heterocycles. The van der Waals surface area contributed by atoms with Gasteiger partial charge in [0, 0.05) is 0 Å². The van der Waals surface area contributed by atoms with Gasteiger partial charge in [-0.05, 0) is 13.8 Å². The average Bonchev–Trinajstić information content (AvgIpc) is 2.03. The molecule has 0 N–H and O–H groups in total. The molecular weight excluding hydrogens is 178 g/mol. The van der Waals surface area contributed by atoms with Crippen molar-refractivity contribution in [3.8, 4) is 0 Å². The molecular formula is C8H14ClNO2. The van der Waals surface area contributed by atoms with Gasteiger partial charge in [-0.25, -0.2) is 0 Å². The third kappa shape index (κ3) is 1.90. The summed E-state index contributed by atoms with van der Waals surface area (Å²) in [5.74, 6) is 0.0641. The van der Waals surface area contributed by atoms with Crippen LogP contribution in [0, 0.1) is 0 Å². The Kier molecular flexibility index (Phi) is 3.35. The van der Waals surface area contributed by atoms with Gasteiger partial charge in [0.25, 0.3) is 0 Å². The fraction of sp³-hybridized carbons (Fsp3) is 0.875. The van der Waals surface area contributed by atoms with Crippen LogP contribution in [-0.2, 0) is 9.53 Å². The van der Waals surface area contributed by atoms with E-state index in [0.717, 1.165) is 0 Å². The van der Waals surface area contributed by atoms with E-state index in [1.54, 1.807) is 4.90 Å². The lowest BCUT2D eigenvalue weighted by molar-refractivity contribution is -0.141. The molecule has 0 bridgehead atoms. The first kappa shape index (κ1) is 9.81. The Morgan fingerprint density at radius 1 is 1.50 bits per heavy atom. The molecule has 4 heteroatoms. The highest BCUT2D eigenvalue weighted by molar-refractivity contribution is 6.27. The Labute approximate surface area is 77.6 Å². The zero-order chi connectivity index (χ0) is 9.14. The van der Waals surface area contributed by atoms with Crippen LogP contribution in [0.2, 0.25) is 0 Å². The molecule has 0 aromatic carbocycles. The second-order valence-corrected chi connectivity index (χ2v) is 3.44. The SMILES string of the molecule is C[C@H]1COC[C@H](C)N1C(=O)CCl. The van der Waals surface area contributed by atoms with E-state index < -0.39 is 0 Å². The molecule has 2 atom stereocenters. The summed E-state index contributed by atoms with van der Waals surface area (Å²) < 4.78 is 5.28. The van der Waals surface area contributed by atoms with Gasteiger partial charge in [-0.1, -0.05) is 0 Å². The molecule has 1 rings (SSSR count). The zero-order valence-corrected chi connectivity index (χ0v) is 8.17. The Morgan fingerprint density at radius 2 is 2.00 bits per heavy atom. The molecule has 1 heterocycles. The summed E-state index contributed by atoms with van der Waals surface area (Å²) in [4.78, 5) is 13.1. The minimum Gasteiger partial charge on any atom is -0.377 e. The van der Waals surface area contributed by atoms with Crippen LogP contribution in [0.5, 0.6) is 0 Å². The molecule has 70 valence electrons. The van der Waals surface area contributed by atoms with E-state index in [1.807, 2.05) is 13.8 Å². The number of carbonyl (C=O) groups is 1. The van der Waals surface area contributed by atoms with Crippen molar-refractivity contribution in [3.63, 3.8) is 0 Å². The van der Waals surface area contributed by atoms with E-state index in [-0.39, 0.29) is 23.9 Å². The number of hydrogen-bond acceptors (Lipinski definition) is 2. The highest BCUT2D eigenvalue weighted by Crippen LogP contribution is 2.13. The van der Waals surface area contributed by atoms with E-state index in [9.17, 15) is 4.79 Å². The molecule has 1 amide bonds. The molecule has 0 unspecified atom stereocenters. The monoisotopic (exact) mass is 191 g/mol. The quantitative estimate of drug-likeness (QED) is 0.576. The van der Waals surface area contributed by atoms with Crippen LogP contribution in [-0.4, -0.2) is 42.0 Å². The second-order valence-electron chi connectivity index (χ2n) is 3.17. The minimum atomic E-state index is -0.0000309. The smallest absolute Gasteiger partial charge is 0.238 e. The average molecular weight is 192 g/mol. The van der Waals surface area contributed by atoms with Gasteiger partial charge in [0.15, 0.2) is 0 Å². The van der Waals surface area contributed by atoms with Crippen LogP contribution in [0.1, 0.15) is 13.8 Å². The Hall–Kier alpha value is -0.280. The first-order chi connectivity index (χ1) is 5.66. The Morgan fingerprint density at radius 3 is 2.42 bits per heavy atom. The van der Waals surface area contributed by atoms with Crippen molar-refractivity contribution in [2.75, 3.05) is 19.1 Å². The van der Waals surface area contributed by atoms with Crippen molar-refractivity contribution in [2.45, 2.75) is 25.9 Å². The van der Waals surface area contributed by atoms with E-state index >= 15 is 0 Å². The molecule has 1 fully saturated rings. The van der Waals surface area contributed by atoms with Crippen molar-refractivity contribution in [1.29, 1.82) is 0 Å². The number of rotatable bonds is 1. The fourth-order valence-electron chi connectivity index (χ4n) is 1.56. The third-order valence-corrected chi connectivity index (χ3v) is 2.30. The number of amides is 1. The van der Waals surface area contributed by atoms with Crippen LogP contribution >= 0.6 is 11.6 Å². The highest BCUT2D eigenvalue weighted by Gasteiger charge is 2.28. The summed E-state index contributed by atoms with van der Waals surface area (Å²) >= 11 is 5.48. The molecule has 0 spiro atoms. The number of nitrogens with zero attached hydrogens (tertiary/aromatic N) is 1. The van der Waals surface area contributed by atoms with Gasteiger partial charge >= 0.3 is 0 Å². The highest BCUT2D eigenvalue weighted by atomic mass is 35.5. The standard InChI is InChI=1S/C8H14ClNO2/c1-6-4-12-5-7(2)10(6)8(11)3-9/h6-7H,3-5H2,1-2H3/t6-,7-/m0/s1. The molecule has 0 aromatic rings. The van der Waals surface area contributed by atoms with E-state index in [0.29, 0.717) is 13.2 Å². The Balaban J connectivity index is 2.62. The second kappa shape index (κ2) is 4.10. The maximum Gasteiger partial charge on any atom is 0.238 e. The summed E-state index contributed by atoms with van der Waals surface area (Å²) in [6.07, 6.45) is 0. The lowest BCUT2D eigenvalue weighted by atomic mass is 10.2. The Bertz CT molecular complexity index is 164. The predicted molar refractivity (Wildman–Crippen MR) is 47.3 cm³/mol. The fourth-order valence-corrected chi connectivity index (χ4v) is 1.70. The lowest BCUT2D eigenvalue weighted by Crippen LogP contribution is -2.52. The maximum atomic E-state index is 11.3. The van der Waals surface area contributed by atoms with Gasteiger partial charge in [-0.2, -0.15) is 0 Å². The van der Waals surface area contributed by atoms with Crippen LogP contribution in [0.4, 0.5) is 0 Å². The van der Waals surface area contributed by atoms with Crippen molar-refractivity contribution in [3.05, 3.63) is 0 Å². The van der Waals surface area contributed by atoms with Gasteiger partial charge in [0.2, 0.25) is 5.91 Å². The number of ether oxygens (including phenoxy) is 1. The molecule has 0 aliphatic carbocycles. The summed E-state index contributed by atoms with van der Waals surface area (Å²) in [5.41, 5.74) is 0. The van der Waals surface area contributed by atoms with Gasteiger partial charge in [-0.3, -0.25) is 4.79 Å². The molecule has 3 nitrogen and oxygen atoms in total. The van der Waals surface area contributed by atoms with Crippen molar-refractivity contribution in [1.82, 2.24) is 4.90 Å². The van der Waals surface area contributed by atoms with Crippen molar-refractivity contribution in [2.24, 2.45) is 0 Å². The van der Waals surface area contributed by atoms with Crippen LogP contribution in [0.25, 0.3) is 0 Å². The topological polar surface area (TPSA) is 29.5 Å². The largest absolute Gasteiger partial charge is 0.377 e. The predicted octanol–water partition coefficient (Wildman–Crippen LogP) is 0.861. The van der Waals surface area contributed by atoms with Gasteiger partial charge < -0.3 is 9.64 Å². The van der Waals surface area contributed by atoms with Gasteiger partial charge in [0.05, 0.1) is 25.3 Å². The minimum absolute atomic E-state index is 0.0000309. The molecule has 1 aliphatic heterocycles. The first-order valence-corrected chi connectivity index (χ1v) is 4.65. The number of halogens is 1. The normalized spacial score (nSPS) is 30.4. The molecule has 12 heavy (non-hydrogen) atoms. The number of carbonyl (C=O) groups excluding carboxylic acids is 1. The number of alkyl halides is 1. The number of morpholine rings is 1. The summed E-state index contributed by atoms with van der Waals surface area (Å²) in [6, 6.07) is 0.306. The summed E-state index contributed by atoms with van der Waals surface area (Å²) in [7, 11) is 0. The summed E-state index contributed by atoms with van der Waals surface area (Å²) in [6.45, 7) is 5.18. The maximum absolute atomic E-state index is 11.3. The number of hydrogen-bond donors (Lipinski definition) is 0.